The number of halogens is 3. The van der Waals surface area contributed by atoms with E-state index in [1.54, 1.807) is 0 Å². The van der Waals surface area contributed by atoms with Crippen molar-refractivity contribution in [3.63, 3.8) is 0 Å². The largest absolute Gasteiger partial charge is 0.598 e. The van der Waals surface area contributed by atoms with Crippen LogP contribution >= 0.6 is 0 Å². The first kappa shape index (κ1) is 21.3. The van der Waals surface area contributed by atoms with Crippen LogP contribution in [0.25, 0.3) is 0 Å². The van der Waals surface area contributed by atoms with Crippen molar-refractivity contribution in [1.82, 2.24) is 10.0 Å². The van der Waals surface area contributed by atoms with Crippen molar-refractivity contribution in [2.75, 3.05) is 6.61 Å². The second-order valence-electron chi connectivity index (χ2n) is 6.01. The lowest BCUT2D eigenvalue weighted by molar-refractivity contribution is -0.156. The summed E-state index contributed by atoms with van der Waals surface area (Å²) in [7, 11) is 0. The van der Waals surface area contributed by atoms with Crippen LogP contribution in [0.1, 0.15) is 34.1 Å². The van der Waals surface area contributed by atoms with Gasteiger partial charge in [-0.05, 0) is 34.1 Å². The van der Waals surface area contributed by atoms with E-state index in [-0.39, 0.29) is 0 Å². The highest BCUT2D eigenvalue weighted by Gasteiger charge is 2.46. The second-order valence-corrected chi connectivity index (χ2v) is 8.01. The lowest BCUT2D eigenvalue weighted by atomic mass is 9.94. The summed E-state index contributed by atoms with van der Waals surface area (Å²) in [5.41, 5.74) is 0. The van der Waals surface area contributed by atoms with Crippen LogP contribution in [0, 0.1) is 5.92 Å². The Morgan fingerprint density at radius 1 is 1.32 bits per heavy atom. The van der Waals surface area contributed by atoms with E-state index in [2.05, 4.69) is 0 Å². The first-order valence-electron chi connectivity index (χ1n) is 6.64. The normalized spacial score (nSPS) is 18.4. The molecule has 0 spiro atoms. The molecule has 4 atom stereocenters. The third-order valence-corrected chi connectivity index (χ3v) is 4.64. The Kier molecular flexibility index (Phi) is 7.96. The minimum absolute atomic E-state index is 0.594. The third kappa shape index (κ3) is 7.52. The lowest BCUT2D eigenvalue weighted by Crippen LogP contribution is -2.53. The van der Waals surface area contributed by atoms with Gasteiger partial charge in [0.05, 0.1) is 0 Å². The van der Waals surface area contributed by atoms with E-state index in [0.717, 1.165) is 0 Å². The molecule has 0 rings (SSSR count). The molecule has 0 radical (unpaired) electrons. The Balaban J connectivity index is 5.01. The van der Waals surface area contributed by atoms with E-state index in [1.807, 2.05) is 10.0 Å². The molecule has 0 saturated carbocycles. The maximum atomic E-state index is 13.1. The van der Waals surface area contributed by atoms with Crippen molar-refractivity contribution < 1.29 is 32.7 Å². The molecule has 4 N–H and O–H groups in total. The van der Waals surface area contributed by atoms with E-state index in [0.29, 0.717) is 0 Å². The van der Waals surface area contributed by atoms with Gasteiger partial charge in [-0.3, -0.25) is 0 Å². The molecule has 0 aliphatic heterocycles. The summed E-state index contributed by atoms with van der Waals surface area (Å²) in [5, 5.41) is 19.8. The molecule has 0 fully saturated rings. The molecule has 0 aromatic carbocycles. The van der Waals surface area contributed by atoms with Gasteiger partial charge >= 0.3 is 12.3 Å². The molecular weight excluding hydrogens is 325 g/mol. The van der Waals surface area contributed by atoms with Crippen LogP contribution in [-0.2, 0) is 11.4 Å². The van der Waals surface area contributed by atoms with Crippen LogP contribution in [0.3, 0.4) is 0 Å². The minimum Gasteiger partial charge on any atom is -0.598 e. The number of hydrogen-bond acceptors (Lipinski definition) is 4. The Labute approximate surface area is 130 Å². The number of rotatable bonds is 7. The molecule has 0 bridgehead atoms. The molecule has 0 aromatic heterocycles. The summed E-state index contributed by atoms with van der Waals surface area (Å²) in [4.78, 5) is 10.5. The van der Waals surface area contributed by atoms with Crippen molar-refractivity contribution in [3.8, 4) is 0 Å². The number of aliphatic hydroxyl groups excluding tert-OH is 1. The van der Waals surface area contributed by atoms with Gasteiger partial charge in [-0.1, -0.05) is 0 Å². The fraction of sp³-hybridized carbons (Fsp3) is 0.917. The summed E-state index contributed by atoms with van der Waals surface area (Å²) in [6, 6.07) is -2.99. The topological polar surface area (TPSA) is 105 Å². The SMILES string of the molecule is C[C@@H](NC(=O)O)[C@H](CO)CC(N[S+]([O-])C(C)(C)C)C(F)(F)F. The molecule has 10 heteroatoms. The van der Waals surface area contributed by atoms with Crippen molar-refractivity contribution in [2.45, 2.75) is 57.1 Å². The van der Waals surface area contributed by atoms with Crippen LogP contribution in [-0.4, -0.2) is 50.5 Å². The molecule has 2 unspecified atom stereocenters. The van der Waals surface area contributed by atoms with Gasteiger partial charge in [-0.15, -0.1) is 4.72 Å². The Bertz CT molecular complexity index is 363. The van der Waals surface area contributed by atoms with E-state index in [4.69, 9.17) is 5.11 Å². The third-order valence-electron chi connectivity index (χ3n) is 3.03. The molecule has 0 aromatic rings. The smallest absolute Gasteiger partial charge is 0.408 e. The van der Waals surface area contributed by atoms with Gasteiger partial charge < -0.3 is 20.1 Å². The van der Waals surface area contributed by atoms with Crippen molar-refractivity contribution in [1.29, 1.82) is 0 Å². The predicted octanol–water partition coefficient (Wildman–Crippen LogP) is 1.62. The molecule has 0 heterocycles. The molecule has 0 aliphatic rings. The average molecular weight is 348 g/mol. The van der Waals surface area contributed by atoms with Gasteiger partial charge in [0.25, 0.3) is 0 Å². The first-order chi connectivity index (χ1) is 9.78. The van der Waals surface area contributed by atoms with Crippen molar-refractivity contribution in [3.05, 3.63) is 0 Å². The predicted molar refractivity (Wildman–Crippen MR) is 76.7 cm³/mol. The van der Waals surface area contributed by atoms with E-state index < -0.39 is 59.4 Å². The number of carboxylic acid groups (broad SMARTS) is 1. The van der Waals surface area contributed by atoms with E-state index >= 15 is 0 Å². The number of nitrogens with one attached hydrogen (secondary N) is 2. The zero-order valence-corrected chi connectivity index (χ0v) is 13.7. The Morgan fingerprint density at radius 3 is 2.14 bits per heavy atom. The average Bonchev–Trinajstić information content (AvgIpc) is 2.30. The minimum atomic E-state index is -4.67. The molecule has 0 saturated heterocycles. The highest BCUT2D eigenvalue weighted by molar-refractivity contribution is 7.90. The first-order valence-corrected chi connectivity index (χ1v) is 7.79. The monoisotopic (exact) mass is 348 g/mol. The maximum absolute atomic E-state index is 13.1. The van der Waals surface area contributed by atoms with Crippen molar-refractivity contribution in [2.24, 2.45) is 5.92 Å². The van der Waals surface area contributed by atoms with Gasteiger partial charge in [0.1, 0.15) is 10.8 Å². The maximum Gasteiger partial charge on any atom is 0.408 e. The summed E-state index contributed by atoms with van der Waals surface area (Å²) in [6.45, 7) is 5.33. The van der Waals surface area contributed by atoms with Gasteiger partial charge in [0.15, 0.2) is 0 Å². The summed E-state index contributed by atoms with van der Waals surface area (Å²) in [5.74, 6) is -0.966. The van der Waals surface area contributed by atoms with Gasteiger partial charge in [0, 0.05) is 29.9 Å². The number of hydrogen-bond donors (Lipinski definition) is 4. The number of amides is 1. The standard InChI is InChI=1S/C12H23F3N2O4S/c1-7(16-10(19)20)8(6-18)5-9(12(13,14)15)17-22(21)11(2,3)4/h7-9,16-18H,5-6H2,1-4H3,(H,19,20)/t7-,8+,9?,22?/m1/s1. The molecule has 6 nitrogen and oxygen atoms in total. The van der Waals surface area contributed by atoms with Gasteiger partial charge in [-0.25, -0.2) is 4.79 Å². The van der Waals surface area contributed by atoms with Crippen LogP contribution in [0.2, 0.25) is 0 Å². The zero-order valence-electron chi connectivity index (χ0n) is 12.9. The van der Waals surface area contributed by atoms with Crippen LogP contribution in [0.5, 0.6) is 0 Å². The summed E-state index contributed by atoms with van der Waals surface area (Å²) >= 11 is -1.94. The number of alkyl halides is 3. The van der Waals surface area contributed by atoms with Crippen LogP contribution in [0.4, 0.5) is 18.0 Å². The molecule has 22 heavy (non-hydrogen) atoms. The summed E-state index contributed by atoms with van der Waals surface area (Å²) in [6.07, 6.45) is -6.65. The molecule has 132 valence electrons. The molecular formula is C12H23F3N2O4S. The number of carbonyl (C=O) groups is 1. The van der Waals surface area contributed by atoms with Crippen molar-refractivity contribution >= 4 is 17.5 Å². The van der Waals surface area contributed by atoms with Crippen LogP contribution < -0.4 is 10.0 Å². The highest BCUT2D eigenvalue weighted by atomic mass is 32.2. The quantitative estimate of drug-likeness (QED) is 0.524. The fourth-order valence-corrected chi connectivity index (χ4v) is 2.45. The van der Waals surface area contributed by atoms with E-state index in [1.165, 1.54) is 27.7 Å². The highest BCUT2D eigenvalue weighted by Crippen LogP contribution is 2.28. The lowest BCUT2D eigenvalue weighted by Gasteiger charge is -2.31. The Hall–Kier alpha value is -0.710. The summed E-state index contributed by atoms with van der Waals surface area (Å²) < 4.78 is 52.2. The molecule has 1 amide bonds. The molecule has 0 aliphatic carbocycles. The Morgan fingerprint density at radius 2 is 1.82 bits per heavy atom. The number of aliphatic hydroxyl groups is 1. The fourth-order valence-electron chi connectivity index (χ4n) is 1.61. The second kappa shape index (κ2) is 8.23. The van der Waals surface area contributed by atoms with E-state index in [9.17, 15) is 27.6 Å². The van der Waals surface area contributed by atoms with Gasteiger partial charge in [-0.2, -0.15) is 13.2 Å². The zero-order chi connectivity index (χ0) is 17.7. The van der Waals surface area contributed by atoms with Gasteiger partial charge in [0.2, 0.25) is 0 Å². The van der Waals surface area contributed by atoms with Crippen LogP contribution in [0.15, 0.2) is 0 Å².